The molecule has 0 saturated carbocycles. The van der Waals surface area contributed by atoms with Gasteiger partial charge >= 0.3 is 0 Å². The molecule has 3 N–H and O–H groups in total. The lowest BCUT2D eigenvalue weighted by Gasteiger charge is -2.08. The Bertz CT molecular complexity index is 478. The highest BCUT2D eigenvalue weighted by atomic mass is 32.2. The number of amides is 1. The van der Waals surface area contributed by atoms with Crippen LogP contribution in [-0.2, 0) is 4.79 Å². The standard InChI is InChI=1S/C15H23N3OS/c1-10(2)8-17-13(19)9-20-15(16)18-14-11(3)6-5-7-12(14)4/h5-7,10H,8-9H2,1-4H3,(H2,16,18)(H,17,19). The Morgan fingerprint density at radius 1 is 1.35 bits per heavy atom. The molecule has 0 fully saturated rings. The zero-order valence-electron chi connectivity index (χ0n) is 12.6. The fourth-order valence-corrected chi connectivity index (χ4v) is 2.17. The van der Waals surface area contributed by atoms with E-state index in [0.29, 0.717) is 23.4 Å². The third-order valence-corrected chi connectivity index (χ3v) is 3.51. The topological polar surface area (TPSA) is 67.5 Å². The highest BCUT2D eigenvalue weighted by Gasteiger charge is 2.06. The van der Waals surface area contributed by atoms with Crippen molar-refractivity contribution in [2.75, 3.05) is 12.3 Å². The third-order valence-electron chi connectivity index (χ3n) is 2.72. The molecule has 0 atom stereocenters. The van der Waals surface area contributed by atoms with Crippen LogP contribution in [0.4, 0.5) is 5.69 Å². The van der Waals surface area contributed by atoms with E-state index in [-0.39, 0.29) is 5.91 Å². The Balaban J connectivity index is 2.56. The van der Waals surface area contributed by atoms with Crippen molar-refractivity contribution in [1.29, 1.82) is 0 Å². The van der Waals surface area contributed by atoms with Crippen LogP contribution in [0.3, 0.4) is 0 Å². The van der Waals surface area contributed by atoms with Crippen LogP contribution in [0.2, 0.25) is 0 Å². The maximum absolute atomic E-state index is 11.6. The quantitative estimate of drug-likeness (QED) is 0.648. The van der Waals surface area contributed by atoms with Crippen LogP contribution in [0.5, 0.6) is 0 Å². The number of thioether (sulfide) groups is 1. The molecule has 0 aromatic heterocycles. The fraction of sp³-hybridized carbons (Fsp3) is 0.467. The number of hydrogen-bond donors (Lipinski definition) is 2. The molecule has 1 aromatic rings. The Labute approximate surface area is 125 Å². The number of nitrogens with two attached hydrogens (primary N) is 1. The summed E-state index contributed by atoms with van der Waals surface area (Å²) in [5.41, 5.74) is 8.93. The van der Waals surface area contributed by atoms with Crippen molar-refractivity contribution in [1.82, 2.24) is 5.32 Å². The van der Waals surface area contributed by atoms with Crippen molar-refractivity contribution in [2.45, 2.75) is 27.7 Å². The van der Waals surface area contributed by atoms with Gasteiger partial charge in [-0.2, -0.15) is 0 Å². The molecule has 1 amide bonds. The summed E-state index contributed by atoms with van der Waals surface area (Å²) < 4.78 is 0. The summed E-state index contributed by atoms with van der Waals surface area (Å²) in [4.78, 5) is 16.0. The van der Waals surface area contributed by atoms with Gasteiger partial charge in [0.2, 0.25) is 5.91 Å². The largest absolute Gasteiger partial charge is 0.378 e. The van der Waals surface area contributed by atoms with Crippen molar-refractivity contribution in [3.8, 4) is 0 Å². The summed E-state index contributed by atoms with van der Waals surface area (Å²) in [6.45, 7) is 8.81. The monoisotopic (exact) mass is 293 g/mol. The number of hydrogen-bond acceptors (Lipinski definition) is 3. The molecule has 0 unspecified atom stereocenters. The number of nitrogens with zero attached hydrogens (tertiary/aromatic N) is 1. The highest BCUT2D eigenvalue weighted by Crippen LogP contribution is 2.23. The minimum Gasteiger partial charge on any atom is -0.378 e. The number of carbonyl (C=O) groups excluding carboxylic acids is 1. The van der Waals surface area contributed by atoms with Crippen LogP contribution in [0.1, 0.15) is 25.0 Å². The van der Waals surface area contributed by atoms with E-state index in [1.54, 1.807) is 0 Å². The number of carbonyl (C=O) groups is 1. The van der Waals surface area contributed by atoms with E-state index in [4.69, 9.17) is 5.73 Å². The van der Waals surface area contributed by atoms with Crippen molar-refractivity contribution >= 4 is 28.5 Å². The van der Waals surface area contributed by atoms with Crippen molar-refractivity contribution < 1.29 is 4.79 Å². The zero-order chi connectivity index (χ0) is 15.1. The molecular weight excluding hydrogens is 270 g/mol. The van der Waals surface area contributed by atoms with E-state index in [9.17, 15) is 4.79 Å². The minimum atomic E-state index is -0.0108. The summed E-state index contributed by atoms with van der Waals surface area (Å²) >= 11 is 1.26. The highest BCUT2D eigenvalue weighted by molar-refractivity contribution is 8.14. The Kier molecular flexibility index (Phi) is 6.58. The van der Waals surface area contributed by atoms with Crippen molar-refractivity contribution in [3.63, 3.8) is 0 Å². The van der Waals surface area contributed by atoms with Crippen LogP contribution in [0.25, 0.3) is 0 Å². The van der Waals surface area contributed by atoms with E-state index in [2.05, 4.69) is 24.2 Å². The molecule has 0 saturated heterocycles. The first-order valence-electron chi connectivity index (χ1n) is 6.70. The number of para-hydroxylation sites is 1. The van der Waals surface area contributed by atoms with Gasteiger partial charge in [-0.1, -0.05) is 43.8 Å². The van der Waals surface area contributed by atoms with Crippen LogP contribution in [0, 0.1) is 19.8 Å². The summed E-state index contributed by atoms with van der Waals surface area (Å²) in [5, 5.41) is 3.27. The van der Waals surface area contributed by atoms with Crippen LogP contribution in [0.15, 0.2) is 23.2 Å². The normalized spacial score (nSPS) is 11.8. The number of nitrogens with one attached hydrogen (secondary N) is 1. The average Bonchev–Trinajstić information content (AvgIpc) is 2.38. The Morgan fingerprint density at radius 3 is 2.50 bits per heavy atom. The van der Waals surface area contributed by atoms with Crippen LogP contribution >= 0.6 is 11.8 Å². The van der Waals surface area contributed by atoms with Crippen molar-refractivity contribution in [3.05, 3.63) is 29.3 Å². The molecule has 0 spiro atoms. The summed E-state index contributed by atoms with van der Waals surface area (Å²) in [6, 6.07) is 5.99. The Morgan fingerprint density at radius 2 is 1.95 bits per heavy atom. The second-order valence-electron chi connectivity index (χ2n) is 5.18. The second-order valence-corrected chi connectivity index (χ2v) is 6.17. The molecule has 0 aliphatic heterocycles. The van der Waals surface area contributed by atoms with Gasteiger partial charge in [-0.3, -0.25) is 4.79 Å². The van der Waals surface area contributed by atoms with Crippen LogP contribution < -0.4 is 11.1 Å². The smallest absolute Gasteiger partial charge is 0.230 e. The number of aliphatic imine (C=N–C) groups is 1. The molecule has 0 heterocycles. The van der Waals surface area contributed by atoms with Crippen molar-refractivity contribution in [2.24, 2.45) is 16.6 Å². The molecule has 4 nitrogen and oxygen atoms in total. The predicted octanol–water partition coefficient (Wildman–Crippen LogP) is 2.76. The number of amidine groups is 1. The van der Waals surface area contributed by atoms with Gasteiger partial charge < -0.3 is 11.1 Å². The lowest BCUT2D eigenvalue weighted by Crippen LogP contribution is -2.29. The maximum atomic E-state index is 11.6. The lowest BCUT2D eigenvalue weighted by molar-refractivity contribution is -0.118. The zero-order valence-corrected chi connectivity index (χ0v) is 13.4. The van der Waals surface area contributed by atoms with Gasteiger partial charge in [-0.25, -0.2) is 4.99 Å². The first-order chi connectivity index (χ1) is 9.40. The molecule has 5 heteroatoms. The predicted molar refractivity (Wildman–Crippen MR) is 87.5 cm³/mol. The SMILES string of the molecule is Cc1cccc(C)c1N=C(N)SCC(=O)NCC(C)C. The fourth-order valence-electron chi connectivity index (χ4n) is 1.63. The molecule has 110 valence electrons. The van der Waals surface area contributed by atoms with Gasteiger partial charge in [0.05, 0.1) is 11.4 Å². The number of benzene rings is 1. The van der Waals surface area contributed by atoms with Gasteiger partial charge in [-0.05, 0) is 30.9 Å². The van der Waals surface area contributed by atoms with E-state index in [1.807, 2.05) is 32.0 Å². The average molecular weight is 293 g/mol. The molecule has 20 heavy (non-hydrogen) atoms. The molecule has 1 rings (SSSR count). The second kappa shape index (κ2) is 7.94. The Hall–Kier alpha value is -1.49. The molecule has 1 aromatic carbocycles. The van der Waals surface area contributed by atoms with Gasteiger partial charge in [0, 0.05) is 6.54 Å². The summed E-state index contributed by atoms with van der Waals surface area (Å²) in [7, 11) is 0. The number of rotatable bonds is 5. The van der Waals surface area contributed by atoms with E-state index >= 15 is 0 Å². The summed E-state index contributed by atoms with van der Waals surface area (Å²) in [5.74, 6) is 0.736. The van der Waals surface area contributed by atoms with Gasteiger partial charge in [0.15, 0.2) is 5.17 Å². The molecule has 0 bridgehead atoms. The van der Waals surface area contributed by atoms with Gasteiger partial charge in [0.25, 0.3) is 0 Å². The maximum Gasteiger partial charge on any atom is 0.230 e. The molecular formula is C15H23N3OS. The van der Waals surface area contributed by atoms with Crippen LogP contribution in [-0.4, -0.2) is 23.4 Å². The molecule has 0 aliphatic carbocycles. The third kappa shape index (κ3) is 5.65. The molecule has 0 aliphatic rings. The van der Waals surface area contributed by atoms with E-state index in [0.717, 1.165) is 16.8 Å². The summed E-state index contributed by atoms with van der Waals surface area (Å²) in [6.07, 6.45) is 0. The first kappa shape index (κ1) is 16.6. The van der Waals surface area contributed by atoms with E-state index < -0.39 is 0 Å². The molecule has 0 radical (unpaired) electrons. The van der Waals surface area contributed by atoms with Gasteiger partial charge in [-0.15, -0.1) is 0 Å². The minimum absolute atomic E-state index is 0.0108. The van der Waals surface area contributed by atoms with Gasteiger partial charge in [0.1, 0.15) is 0 Å². The van der Waals surface area contributed by atoms with E-state index in [1.165, 1.54) is 11.8 Å². The number of aryl methyl sites for hydroxylation is 2. The lowest BCUT2D eigenvalue weighted by atomic mass is 10.1. The first-order valence-corrected chi connectivity index (χ1v) is 7.68.